The van der Waals surface area contributed by atoms with Gasteiger partial charge in [0, 0.05) is 22.1 Å². The summed E-state index contributed by atoms with van der Waals surface area (Å²) in [6.07, 6.45) is 6.77. The van der Waals surface area contributed by atoms with Gasteiger partial charge in [-0.05, 0) is 84.1 Å². The van der Waals surface area contributed by atoms with Gasteiger partial charge in [0.2, 0.25) is 0 Å². The molecule has 0 radical (unpaired) electrons. The highest BCUT2D eigenvalue weighted by molar-refractivity contribution is 6.38. The summed E-state index contributed by atoms with van der Waals surface area (Å²) in [4.78, 5) is 0. The maximum absolute atomic E-state index is 6.91. The van der Waals surface area contributed by atoms with E-state index in [1.165, 1.54) is 59.9 Å². The third kappa shape index (κ3) is 2.86. The van der Waals surface area contributed by atoms with Crippen LogP contribution in [0.3, 0.4) is 0 Å². The molecule has 0 heterocycles. The summed E-state index contributed by atoms with van der Waals surface area (Å²) in [7, 11) is 0. The maximum atomic E-state index is 6.91. The Labute approximate surface area is 207 Å². The molecule has 1 nitrogen and oxygen atoms in total. The highest BCUT2D eigenvalue weighted by Crippen LogP contribution is 2.63. The molecule has 3 aliphatic carbocycles. The van der Waals surface area contributed by atoms with E-state index in [2.05, 4.69) is 91.1 Å². The van der Waals surface area contributed by atoms with Crippen LogP contribution in [0.1, 0.15) is 50.2 Å². The van der Waals surface area contributed by atoms with E-state index in [1.807, 2.05) is 0 Å². The van der Waals surface area contributed by atoms with Crippen LogP contribution in [-0.2, 0) is 5.41 Å². The van der Waals surface area contributed by atoms with Gasteiger partial charge in [-0.15, -0.1) is 0 Å². The van der Waals surface area contributed by atoms with E-state index in [0.717, 1.165) is 33.8 Å². The smallest absolute Gasteiger partial charge is 0.0719 e. The third-order valence-corrected chi connectivity index (χ3v) is 9.45. The van der Waals surface area contributed by atoms with Crippen molar-refractivity contribution in [3.8, 4) is 11.1 Å². The van der Waals surface area contributed by atoms with Crippen LogP contribution in [0.25, 0.3) is 21.9 Å². The van der Waals surface area contributed by atoms with Crippen LogP contribution in [0.5, 0.6) is 0 Å². The Hall–Kier alpha value is -2.77. The Morgan fingerprint density at radius 2 is 1.62 bits per heavy atom. The van der Waals surface area contributed by atoms with Crippen LogP contribution in [0, 0.1) is 17.8 Å². The molecular formula is C32H30ClN. The Morgan fingerprint density at radius 1 is 0.794 bits per heavy atom. The molecule has 4 aromatic rings. The number of hydrogen-bond donors (Lipinski definition) is 1. The van der Waals surface area contributed by atoms with Crippen molar-refractivity contribution < 1.29 is 0 Å². The molecule has 1 spiro atoms. The number of benzene rings is 4. The molecule has 4 aromatic carbocycles. The van der Waals surface area contributed by atoms with Crippen LogP contribution < -0.4 is 5.32 Å². The van der Waals surface area contributed by atoms with Gasteiger partial charge < -0.3 is 5.32 Å². The first-order valence-electron chi connectivity index (χ1n) is 12.8. The SMILES string of the molecule is CC1CC2CCC3(c4ccccc4-c4c(Nc5ccc6ccccc6c5Cl)cccc43)C(C1)C2. The van der Waals surface area contributed by atoms with Crippen LogP contribution >= 0.6 is 11.6 Å². The summed E-state index contributed by atoms with van der Waals surface area (Å²) in [6.45, 7) is 2.47. The predicted octanol–water partition coefficient (Wildman–Crippen LogP) is 9.35. The van der Waals surface area contributed by atoms with Gasteiger partial charge in [0.05, 0.1) is 10.7 Å². The van der Waals surface area contributed by atoms with Gasteiger partial charge in [0.1, 0.15) is 0 Å². The summed E-state index contributed by atoms with van der Waals surface area (Å²) < 4.78 is 0. The predicted molar refractivity (Wildman–Crippen MR) is 144 cm³/mol. The van der Waals surface area contributed by atoms with E-state index in [-0.39, 0.29) is 5.41 Å². The molecule has 1 N–H and O–H groups in total. The van der Waals surface area contributed by atoms with E-state index < -0.39 is 0 Å². The molecule has 0 amide bonds. The van der Waals surface area contributed by atoms with E-state index in [0.29, 0.717) is 0 Å². The second kappa shape index (κ2) is 7.62. The van der Waals surface area contributed by atoms with Crippen molar-refractivity contribution in [3.05, 3.63) is 95.0 Å². The monoisotopic (exact) mass is 463 g/mol. The van der Waals surface area contributed by atoms with Gasteiger partial charge in [-0.3, -0.25) is 0 Å². The highest BCUT2D eigenvalue weighted by atomic mass is 35.5. The van der Waals surface area contributed by atoms with Crippen LogP contribution in [-0.4, -0.2) is 0 Å². The first-order chi connectivity index (χ1) is 16.6. The molecule has 0 saturated heterocycles. The molecule has 0 aliphatic heterocycles. The first-order valence-corrected chi connectivity index (χ1v) is 13.2. The molecule has 2 fully saturated rings. The number of anilines is 2. The minimum absolute atomic E-state index is 0.155. The summed E-state index contributed by atoms with van der Waals surface area (Å²) in [5, 5.41) is 6.81. The van der Waals surface area contributed by atoms with Crippen molar-refractivity contribution in [2.75, 3.05) is 5.32 Å². The second-order valence-corrected chi connectivity index (χ2v) is 11.3. The highest BCUT2D eigenvalue weighted by Gasteiger charge is 2.53. The quantitative estimate of drug-likeness (QED) is 0.312. The van der Waals surface area contributed by atoms with E-state index in [4.69, 9.17) is 11.6 Å². The maximum Gasteiger partial charge on any atom is 0.0719 e. The molecule has 170 valence electrons. The Morgan fingerprint density at radius 3 is 2.56 bits per heavy atom. The average Bonchev–Trinajstić information content (AvgIpc) is 3.15. The Balaban J connectivity index is 1.40. The van der Waals surface area contributed by atoms with Gasteiger partial charge in [0.15, 0.2) is 0 Å². The van der Waals surface area contributed by atoms with Crippen LogP contribution in [0.4, 0.5) is 11.4 Å². The molecule has 2 bridgehead atoms. The summed E-state index contributed by atoms with van der Waals surface area (Å²) in [5.74, 6) is 2.47. The number of hydrogen-bond acceptors (Lipinski definition) is 1. The molecule has 7 rings (SSSR count). The van der Waals surface area contributed by atoms with E-state index >= 15 is 0 Å². The average molecular weight is 464 g/mol. The number of rotatable bonds is 2. The van der Waals surface area contributed by atoms with E-state index in [9.17, 15) is 0 Å². The fourth-order valence-corrected chi connectivity index (χ4v) is 8.04. The topological polar surface area (TPSA) is 12.0 Å². The van der Waals surface area contributed by atoms with Crippen molar-refractivity contribution in [2.24, 2.45) is 17.8 Å². The lowest BCUT2D eigenvalue weighted by Gasteiger charge is -2.50. The minimum atomic E-state index is 0.155. The second-order valence-electron chi connectivity index (χ2n) is 10.9. The molecule has 3 aliphatic rings. The van der Waals surface area contributed by atoms with E-state index in [1.54, 1.807) is 5.56 Å². The van der Waals surface area contributed by atoms with Gasteiger partial charge in [-0.25, -0.2) is 0 Å². The fourth-order valence-electron chi connectivity index (χ4n) is 7.76. The minimum Gasteiger partial charge on any atom is -0.354 e. The fraction of sp³-hybridized carbons (Fsp3) is 0.312. The Kier molecular flexibility index (Phi) is 4.61. The summed E-state index contributed by atoms with van der Waals surface area (Å²) in [6, 6.07) is 28.7. The van der Waals surface area contributed by atoms with Crippen LogP contribution in [0.2, 0.25) is 5.02 Å². The van der Waals surface area contributed by atoms with Crippen LogP contribution in [0.15, 0.2) is 78.9 Å². The molecular weight excluding hydrogens is 434 g/mol. The number of nitrogens with one attached hydrogen (secondary N) is 1. The lowest BCUT2D eigenvalue weighted by Crippen LogP contribution is -2.44. The molecule has 34 heavy (non-hydrogen) atoms. The van der Waals surface area contributed by atoms with Crippen molar-refractivity contribution in [2.45, 2.75) is 44.4 Å². The lowest BCUT2D eigenvalue weighted by molar-refractivity contribution is 0.0856. The zero-order chi connectivity index (χ0) is 22.9. The molecule has 4 unspecified atom stereocenters. The third-order valence-electron chi connectivity index (χ3n) is 9.04. The van der Waals surface area contributed by atoms with Gasteiger partial charge in [0.25, 0.3) is 0 Å². The number of halogens is 1. The van der Waals surface area contributed by atoms with Crippen molar-refractivity contribution in [1.82, 2.24) is 0 Å². The molecule has 0 aromatic heterocycles. The number of fused-ring (bicyclic) bond motifs is 9. The zero-order valence-corrected chi connectivity index (χ0v) is 20.4. The van der Waals surface area contributed by atoms with Gasteiger partial charge in [-0.2, -0.15) is 0 Å². The summed E-state index contributed by atoms with van der Waals surface area (Å²) in [5.41, 5.74) is 8.19. The van der Waals surface area contributed by atoms with Gasteiger partial charge in [-0.1, -0.05) is 85.3 Å². The normalized spacial score (nSPS) is 26.9. The first kappa shape index (κ1) is 20.6. The molecule has 2 heteroatoms. The largest absolute Gasteiger partial charge is 0.354 e. The summed E-state index contributed by atoms with van der Waals surface area (Å²) >= 11 is 6.91. The standard InChI is InChI=1S/C32H30ClN/c1-20-17-21-15-16-32(23(18-20)19-21)26-10-5-4-9-25(26)30-27(32)11-6-12-28(30)34-29-14-13-22-7-2-3-8-24(22)31(29)33/h2-14,20-21,23,34H,15-19H2,1H3. The van der Waals surface area contributed by atoms with Crippen molar-refractivity contribution >= 4 is 33.7 Å². The van der Waals surface area contributed by atoms with Gasteiger partial charge >= 0.3 is 0 Å². The molecule has 4 atom stereocenters. The lowest BCUT2D eigenvalue weighted by atomic mass is 9.53. The zero-order valence-electron chi connectivity index (χ0n) is 19.7. The Bertz CT molecular complexity index is 1420. The van der Waals surface area contributed by atoms with Crippen molar-refractivity contribution in [1.29, 1.82) is 0 Å². The molecule has 2 saturated carbocycles. The van der Waals surface area contributed by atoms with Crippen molar-refractivity contribution in [3.63, 3.8) is 0 Å².